The molecule has 0 bridgehead atoms. The van der Waals surface area contributed by atoms with Crippen LogP contribution >= 0.6 is 0 Å². The van der Waals surface area contributed by atoms with Gasteiger partial charge in [-0.15, -0.1) is 0 Å². The van der Waals surface area contributed by atoms with Crippen LogP contribution in [0, 0.1) is 0 Å². The molecule has 0 radical (unpaired) electrons. The predicted octanol–water partition coefficient (Wildman–Crippen LogP) is 0.601. The molecule has 0 spiro atoms. The Balaban J connectivity index is 2.61. The molecule has 13 heavy (non-hydrogen) atoms. The molecule has 0 aliphatic rings. The van der Waals surface area contributed by atoms with Gasteiger partial charge in [0.25, 0.3) is 0 Å². The van der Waals surface area contributed by atoms with Crippen LogP contribution in [-0.2, 0) is 24.1 Å². The summed E-state index contributed by atoms with van der Waals surface area (Å²) < 4.78 is 20.6. The first kappa shape index (κ1) is 10.4. The Morgan fingerprint density at radius 2 is 2.08 bits per heavy atom. The summed E-state index contributed by atoms with van der Waals surface area (Å²) in [4.78, 5) is 0. The van der Waals surface area contributed by atoms with Crippen molar-refractivity contribution < 1.29 is 13.9 Å². The first-order valence-electron chi connectivity index (χ1n) is 3.97. The molecule has 0 aromatic heterocycles. The topological polar surface area (TPSA) is 60.4 Å². The standard InChI is InChI=1S/C9H12O3S/c10-7-9-3-1-2-8(6-9)4-5-13(11)12/h1-3,6,10H,4-5,7H2,(H,11,12)/p-1. The number of aryl methyl sites for hydroxylation is 1. The lowest BCUT2D eigenvalue weighted by atomic mass is 10.1. The molecule has 1 aromatic rings. The number of aliphatic hydroxyl groups is 1. The first-order valence-corrected chi connectivity index (χ1v) is 5.21. The Labute approximate surface area is 79.7 Å². The lowest BCUT2D eigenvalue weighted by Gasteiger charge is -2.05. The molecular formula is C9H11O3S-. The summed E-state index contributed by atoms with van der Waals surface area (Å²) in [5, 5.41) is 8.82. The maximum absolute atomic E-state index is 10.3. The van der Waals surface area contributed by atoms with E-state index >= 15 is 0 Å². The van der Waals surface area contributed by atoms with E-state index in [0.717, 1.165) is 11.1 Å². The van der Waals surface area contributed by atoms with E-state index in [-0.39, 0.29) is 12.4 Å². The Kier molecular flexibility index (Phi) is 4.08. The third-order valence-electron chi connectivity index (χ3n) is 1.73. The van der Waals surface area contributed by atoms with Crippen molar-refractivity contribution in [2.45, 2.75) is 13.0 Å². The van der Waals surface area contributed by atoms with E-state index in [1.54, 1.807) is 6.07 Å². The number of rotatable bonds is 4. The molecule has 0 aliphatic carbocycles. The first-order chi connectivity index (χ1) is 6.22. The third-order valence-corrected chi connectivity index (χ3v) is 2.27. The molecular weight excluding hydrogens is 188 g/mol. The zero-order valence-electron chi connectivity index (χ0n) is 7.10. The van der Waals surface area contributed by atoms with Gasteiger partial charge in [0.15, 0.2) is 0 Å². The summed E-state index contributed by atoms with van der Waals surface area (Å²) >= 11 is -1.99. The second-order valence-corrected chi connectivity index (χ2v) is 3.75. The van der Waals surface area contributed by atoms with E-state index in [1.807, 2.05) is 18.2 Å². The molecule has 0 saturated carbocycles. The molecule has 1 aromatic carbocycles. The second kappa shape index (κ2) is 5.11. The minimum absolute atomic E-state index is 0.00565. The summed E-state index contributed by atoms with van der Waals surface area (Å²) in [6.07, 6.45) is 0.504. The molecule has 0 aliphatic heterocycles. The molecule has 0 heterocycles. The quantitative estimate of drug-likeness (QED) is 0.722. The lowest BCUT2D eigenvalue weighted by molar-refractivity contribution is 0.281. The van der Waals surface area contributed by atoms with Gasteiger partial charge >= 0.3 is 0 Å². The molecule has 4 heteroatoms. The highest BCUT2D eigenvalue weighted by atomic mass is 32.2. The smallest absolute Gasteiger partial charge is 0.0681 e. The van der Waals surface area contributed by atoms with Crippen LogP contribution in [0.1, 0.15) is 11.1 Å². The van der Waals surface area contributed by atoms with Crippen LogP contribution in [0.2, 0.25) is 0 Å². The van der Waals surface area contributed by atoms with Crippen LogP contribution in [0.25, 0.3) is 0 Å². The molecule has 1 atom stereocenters. The van der Waals surface area contributed by atoms with Gasteiger partial charge in [-0.3, -0.25) is 4.21 Å². The van der Waals surface area contributed by atoms with Crippen molar-refractivity contribution >= 4 is 11.1 Å². The van der Waals surface area contributed by atoms with Crippen molar-refractivity contribution in [3.05, 3.63) is 35.4 Å². The molecule has 1 unspecified atom stereocenters. The van der Waals surface area contributed by atoms with Crippen LogP contribution in [0.5, 0.6) is 0 Å². The van der Waals surface area contributed by atoms with Crippen LogP contribution in [0.15, 0.2) is 24.3 Å². The minimum Gasteiger partial charge on any atom is -0.772 e. The molecule has 0 amide bonds. The van der Waals surface area contributed by atoms with Crippen LogP contribution in [0.3, 0.4) is 0 Å². The van der Waals surface area contributed by atoms with Gasteiger partial charge in [0, 0.05) is 5.75 Å². The van der Waals surface area contributed by atoms with E-state index in [1.165, 1.54) is 0 Å². The number of benzene rings is 1. The maximum Gasteiger partial charge on any atom is 0.0681 e. The van der Waals surface area contributed by atoms with E-state index in [0.29, 0.717) is 6.42 Å². The largest absolute Gasteiger partial charge is 0.772 e. The fourth-order valence-corrected chi connectivity index (χ4v) is 1.49. The Morgan fingerprint density at radius 3 is 2.69 bits per heavy atom. The zero-order chi connectivity index (χ0) is 9.68. The van der Waals surface area contributed by atoms with Gasteiger partial charge in [0.05, 0.1) is 6.61 Å². The fraction of sp³-hybridized carbons (Fsp3) is 0.333. The Bertz CT molecular complexity index is 299. The highest BCUT2D eigenvalue weighted by Gasteiger charge is 1.94. The van der Waals surface area contributed by atoms with Crippen molar-refractivity contribution in [3.8, 4) is 0 Å². The average molecular weight is 199 g/mol. The Hall–Kier alpha value is -0.710. The average Bonchev–Trinajstić information content (AvgIpc) is 2.15. The Morgan fingerprint density at radius 1 is 1.38 bits per heavy atom. The summed E-state index contributed by atoms with van der Waals surface area (Å²) in [5.74, 6) is 0.134. The summed E-state index contributed by atoms with van der Waals surface area (Å²) in [7, 11) is 0. The highest BCUT2D eigenvalue weighted by molar-refractivity contribution is 7.79. The van der Waals surface area contributed by atoms with Crippen molar-refractivity contribution in [2.24, 2.45) is 0 Å². The van der Waals surface area contributed by atoms with Gasteiger partial charge in [0.2, 0.25) is 0 Å². The van der Waals surface area contributed by atoms with Gasteiger partial charge in [-0.1, -0.05) is 35.3 Å². The number of aliphatic hydroxyl groups excluding tert-OH is 1. The lowest BCUT2D eigenvalue weighted by Crippen LogP contribution is -1.99. The van der Waals surface area contributed by atoms with Crippen molar-refractivity contribution in [1.29, 1.82) is 0 Å². The summed E-state index contributed by atoms with van der Waals surface area (Å²) in [6.45, 7) is -0.00565. The molecule has 3 nitrogen and oxygen atoms in total. The molecule has 1 rings (SSSR count). The second-order valence-electron chi connectivity index (χ2n) is 2.74. The normalized spacial score (nSPS) is 12.8. The van der Waals surface area contributed by atoms with Gasteiger partial charge in [-0.2, -0.15) is 0 Å². The van der Waals surface area contributed by atoms with Gasteiger partial charge < -0.3 is 9.66 Å². The van der Waals surface area contributed by atoms with Gasteiger partial charge in [-0.25, -0.2) is 0 Å². The summed E-state index contributed by atoms with van der Waals surface area (Å²) in [6, 6.07) is 7.28. The van der Waals surface area contributed by atoms with Crippen molar-refractivity contribution in [2.75, 3.05) is 5.75 Å². The van der Waals surface area contributed by atoms with Crippen LogP contribution in [0.4, 0.5) is 0 Å². The predicted molar refractivity (Wildman–Crippen MR) is 49.9 cm³/mol. The molecule has 0 saturated heterocycles. The van der Waals surface area contributed by atoms with E-state index in [2.05, 4.69) is 0 Å². The van der Waals surface area contributed by atoms with Crippen LogP contribution in [-0.4, -0.2) is 19.6 Å². The maximum atomic E-state index is 10.3. The minimum atomic E-state index is -1.99. The van der Waals surface area contributed by atoms with Crippen molar-refractivity contribution in [3.63, 3.8) is 0 Å². The number of hydrogen-bond donors (Lipinski definition) is 1. The molecule has 1 N–H and O–H groups in total. The summed E-state index contributed by atoms with van der Waals surface area (Å²) in [5.41, 5.74) is 1.75. The van der Waals surface area contributed by atoms with Crippen LogP contribution < -0.4 is 0 Å². The monoisotopic (exact) mass is 199 g/mol. The molecule has 72 valence electrons. The fourth-order valence-electron chi connectivity index (χ4n) is 1.08. The van der Waals surface area contributed by atoms with Gasteiger partial charge in [-0.05, 0) is 17.5 Å². The van der Waals surface area contributed by atoms with E-state index in [4.69, 9.17) is 5.11 Å². The van der Waals surface area contributed by atoms with Crippen molar-refractivity contribution in [1.82, 2.24) is 0 Å². The highest BCUT2D eigenvalue weighted by Crippen LogP contribution is 2.06. The zero-order valence-corrected chi connectivity index (χ0v) is 7.92. The SMILES string of the molecule is O=S([O-])CCc1cccc(CO)c1. The number of hydrogen-bond acceptors (Lipinski definition) is 3. The van der Waals surface area contributed by atoms with E-state index in [9.17, 15) is 8.76 Å². The van der Waals surface area contributed by atoms with E-state index < -0.39 is 11.1 Å². The van der Waals surface area contributed by atoms with Gasteiger partial charge in [0.1, 0.15) is 0 Å². The molecule has 0 fully saturated rings. The third kappa shape index (κ3) is 3.67.